The number of hydrogen-bond acceptors (Lipinski definition) is 3. The minimum absolute atomic E-state index is 0.140. The summed E-state index contributed by atoms with van der Waals surface area (Å²) in [5.41, 5.74) is 0. The van der Waals surface area contributed by atoms with E-state index in [1.165, 1.54) is 0 Å². The Kier molecular flexibility index (Phi) is 7.08. The van der Waals surface area contributed by atoms with E-state index < -0.39 is 22.8 Å². The van der Waals surface area contributed by atoms with E-state index in [0.717, 1.165) is 0 Å². The van der Waals surface area contributed by atoms with Crippen molar-refractivity contribution < 1.29 is 18.9 Å². The van der Waals surface area contributed by atoms with Crippen molar-refractivity contribution in [3.05, 3.63) is 30.3 Å². The third kappa shape index (κ3) is 6.53. The van der Waals surface area contributed by atoms with Gasteiger partial charge in [-0.15, -0.1) is 0 Å². The van der Waals surface area contributed by atoms with Gasteiger partial charge in [-0.3, -0.25) is 9.00 Å². The molecule has 21 heavy (non-hydrogen) atoms. The molecule has 1 rings (SSSR count). The molecule has 0 aliphatic carbocycles. The molecule has 0 aliphatic heterocycles. The zero-order valence-corrected chi connectivity index (χ0v) is 13.1. The normalized spacial score (nSPS) is 13.7. The molecule has 0 radical (unpaired) electrons. The number of carboxylic acid groups (broad SMARTS) is 1. The number of aliphatic carboxylic acids is 1. The fourth-order valence-electron chi connectivity index (χ4n) is 1.80. The molecule has 0 spiro atoms. The maximum Gasteiger partial charge on any atom is 0.326 e. The standard InChI is InChI=1S/C15H21NO4S/c1-11(2)10-14(17)16-13(15(18)19)8-9-21(20)12-6-4-3-5-7-12/h3-7,11,13H,8-10H2,1-2H3,(H,16,17)(H,18,19)/t13-,21+/m1/s1. The highest BCUT2D eigenvalue weighted by molar-refractivity contribution is 7.85. The topological polar surface area (TPSA) is 83.5 Å². The number of rotatable bonds is 8. The van der Waals surface area contributed by atoms with E-state index in [-0.39, 0.29) is 30.4 Å². The third-order valence-electron chi connectivity index (χ3n) is 2.82. The molecule has 0 unspecified atom stereocenters. The summed E-state index contributed by atoms with van der Waals surface area (Å²) in [6.07, 6.45) is 0.423. The number of nitrogens with one attached hydrogen (secondary N) is 1. The minimum Gasteiger partial charge on any atom is -0.480 e. The van der Waals surface area contributed by atoms with Gasteiger partial charge >= 0.3 is 5.97 Å². The molecule has 116 valence electrons. The predicted molar refractivity (Wildman–Crippen MR) is 81.4 cm³/mol. The summed E-state index contributed by atoms with van der Waals surface area (Å²) >= 11 is 0. The van der Waals surface area contributed by atoms with Crippen LogP contribution in [0.25, 0.3) is 0 Å². The van der Waals surface area contributed by atoms with Gasteiger partial charge in [0.05, 0.1) is 10.8 Å². The van der Waals surface area contributed by atoms with E-state index in [0.29, 0.717) is 4.90 Å². The average molecular weight is 311 g/mol. The highest BCUT2D eigenvalue weighted by Gasteiger charge is 2.21. The fraction of sp³-hybridized carbons (Fsp3) is 0.467. The maximum absolute atomic E-state index is 12.0. The van der Waals surface area contributed by atoms with Gasteiger partial charge in [0.2, 0.25) is 5.91 Å². The van der Waals surface area contributed by atoms with Crippen LogP contribution in [0.4, 0.5) is 0 Å². The molecule has 5 nitrogen and oxygen atoms in total. The summed E-state index contributed by atoms with van der Waals surface area (Å²) in [4.78, 5) is 23.5. The lowest BCUT2D eigenvalue weighted by atomic mass is 10.1. The van der Waals surface area contributed by atoms with Gasteiger partial charge < -0.3 is 10.4 Å². The molecule has 0 saturated carbocycles. The smallest absolute Gasteiger partial charge is 0.326 e. The predicted octanol–water partition coefficient (Wildman–Crippen LogP) is 1.80. The maximum atomic E-state index is 12.0. The van der Waals surface area contributed by atoms with Crippen LogP contribution in [0, 0.1) is 5.92 Å². The van der Waals surface area contributed by atoms with Gasteiger partial charge in [-0.1, -0.05) is 32.0 Å². The Balaban J connectivity index is 2.54. The molecule has 2 atom stereocenters. The highest BCUT2D eigenvalue weighted by Crippen LogP contribution is 2.08. The Hall–Kier alpha value is -1.69. The van der Waals surface area contributed by atoms with Crippen molar-refractivity contribution in [1.82, 2.24) is 5.32 Å². The third-order valence-corrected chi connectivity index (χ3v) is 4.23. The molecule has 0 fully saturated rings. The van der Waals surface area contributed by atoms with Crippen molar-refractivity contribution in [3.63, 3.8) is 0 Å². The second-order valence-electron chi connectivity index (χ2n) is 5.21. The Morgan fingerprint density at radius 1 is 1.24 bits per heavy atom. The number of amides is 1. The van der Waals surface area contributed by atoms with Crippen molar-refractivity contribution in [2.24, 2.45) is 5.92 Å². The second kappa shape index (κ2) is 8.56. The summed E-state index contributed by atoms with van der Waals surface area (Å²) in [6.45, 7) is 3.78. The zero-order valence-electron chi connectivity index (χ0n) is 12.2. The quantitative estimate of drug-likeness (QED) is 0.767. The van der Waals surface area contributed by atoms with Gasteiger partial charge in [0.25, 0.3) is 0 Å². The summed E-state index contributed by atoms with van der Waals surface area (Å²) in [5.74, 6) is -1.03. The first kappa shape index (κ1) is 17.4. The molecule has 0 bridgehead atoms. The number of hydrogen-bond donors (Lipinski definition) is 2. The van der Waals surface area contributed by atoms with Crippen LogP contribution in [0.2, 0.25) is 0 Å². The number of carbonyl (C=O) groups excluding carboxylic acids is 1. The molecule has 1 aromatic rings. The first-order valence-corrected chi connectivity index (χ1v) is 8.17. The van der Waals surface area contributed by atoms with Crippen LogP contribution in [-0.2, 0) is 20.4 Å². The molecule has 1 aromatic carbocycles. The van der Waals surface area contributed by atoms with E-state index in [1.807, 2.05) is 19.9 Å². The number of carboxylic acids is 1. The van der Waals surface area contributed by atoms with Crippen LogP contribution in [0.1, 0.15) is 26.7 Å². The van der Waals surface area contributed by atoms with Crippen molar-refractivity contribution in [2.45, 2.75) is 37.6 Å². The number of benzene rings is 1. The monoisotopic (exact) mass is 311 g/mol. The van der Waals surface area contributed by atoms with Crippen molar-refractivity contribution in [3.8, 4) is 0 Å². The molecule has 1 amide bonds. The van der Waals surface area contributed by atoms with Crippen LogP contribution in [0.3, 0.4) is 0 Å². The van der Waals surface area contributed by atoms with Gasteiger partial charge in [-0.05, 0) is 24.5 Å². The lowest BCUT2D eigenvalue weighted by molar-refractivity contribution is -0.142. The molecule has 0 aliphatic rings. The van der Waals surface area contributed by atoms with E-state index in [2.05, 4.69) is 5.32 Å². The largest absolute Gasteiger partial charge is 0.480 e. The van der Waals surface area contributed by atoms with Crippen LogP contribution >= 0.6 is 0 Å². The SMILES string of the molecule is CC(C)CC(=O)N[C@H](CC[S@](=O)c1ccccc1)C(=O)O. The van der Waals surface area contributed by atoms with E-state index in [1.54, 1.807) is 24.3 Å². The van der Waals surface area contributed by atoms with E-state index >= 15 is 0 Å². The molecular weight excluding hydrogens is 290 g/mol. The summed E-state index contributed by atoms with van der Waals surface area (Å²) in [6, 6.07) is 7.88. The molecule has 2 N–H and O–H groups in total. The number of carbonyl (C=O) groups is 2. The second-order valence-corrected chi connectivity index (χ2v) is 6.78. The lowest BCUT2D eigenvalue weighted by Crippen LogP contribution is -2.42. The first-order chi connectivity index (χ1) is 9.90. The van der Waals surface area contributed by atoms with Gasteiger partial charge in [0, 0.05) is 17.1 Å². The minimum atomic E-state index is -1.26. The van der Waals surface area contributed by atoms with Gasteiger partial charge in [-0.25, -0.2) is 4.79 Å². The van der Waals surface area contributed by atoms with Crippen molar-refractivity contribution in [2.75, 3.05) is 5.75 Å². The zero-order chi connectivity index (χ0) is 15.8. The molecule has 0 heterocycles. The fourth-order valence-corrected chi connectivity index (χ4v) is 2.94. The van der Waals surface area contributed by atoms with Gasteiger partial charge in [0.1, 0.15) is 6.04 Å². The Morgan fingerprint density at radius 2 is 1.86 bits per heavy atom. The molecule has 0 saturated heterocycles. The average Bonchev–Trinajstić information content (AvgIpc) is 2.42. The molecule has 6 heteroatoms. The van der Waals surface area contributed by atoms with Gasteiger partial charge in [-0.2, -0.15) is 0 Å². The van der Waals surface area contributed by atoms with Gasteiger partial charge in [0.15, 0.2) is 0 Å². The van der Waals surface area contributed by atoms with E-state index in [4.69, 9.17) is 5.11 Å². The Bertz CT molecular complexity index is 502. The Labute approximate surface area is 127 Å². The molecular formula is C15H21NO4S. The summed E-state index contributed by atoms with van der Waals surface area (Å²) in [5, 5.41) is 11.6. The van der Waals surface area contributed by atoms with Crippen LogP contribution in [-0.4, -0.2) is 33.0 Å². The van der Waals surface area contributed by atoms with Crippen molar-refractivity contribution in [1.29, 1.82) is 0 Å². The molecule has 0 aromatic heterocycles. The van der Waals surface area contributed by atoms with E-state index in [9.17, 15) is 13.8 Å². The summed E-state index contributed by atoms with van der Waals surface area (Å²) < 4.78 is 12.0. The van der Waals surface area contributed by atoms with Crippen molar-refractivity contribution >= 4 is 22.7 Å². The summed E-state index contributed by atoms with van der Waals surface area (Å²) in [7, 11) is -1.26. The van der Waals surface area contributed by atoms with Crippen LogP contribution in [0.15, 0.2) is 35.2 Å². The first-order valence-electron chi connectivity index (χ1n) is 6.85. The Morgan fingerprint density at radius 3 is 2.38 bits per heavy atom. The van der Waals surface area contributed by atoms with Crippen LogP contribution < -0.4 is 5.32 Å². The lowest BCUT2D eigenvalue weighted by Gasteiger charge is -2.15. The van der Waals surface area contributed by atoms with Crippen LogP contribution in [0.5, 0.6) is 0 Å². The highest BCUT2D eigenvalue weighted by atomic mass is 32.2.